The topological polar surface area (TPSA) is 39.2 Å². The molecule has 0 aliphatic heterocycles. The van der Waals surface area contributed by atoms with Crippen LogP contribution in [0.1, 0.15) is 10.4 Å². The fraction of sp³-hybridized carbons (Fsp3) is 0.0667. The maximum Gasteiger partial charge on any atom is 0.151 e. The molecule has 0 aliphatic carbocycles. The second-order valence-corrected chi connectivity index (χ2v) is 4.62. The van der Waals surface area contributed by atoms with E-state index in [0.717, 1.165) is 22.6 Å². The van der Waals surface area contributed by atoms with Crippen LogP contribution in [0.4, 0.5) is 0 Å². The van der Waals surface area contributed by atoms with E-state index in [9.17, 15) is 4.79 Å². The molecular weight excluding hydrogens is 262 g/mol. The van der Waals surface area contributed by atoms with Crippen LogP contribution in [-0.2, 0) is 0 Å². The molecule has 0 unspecified atom stereocenters. The lowest BCUT2D eigenvalue weighted by molar-refractivity contribution is 0.112. The van der Waals surface area contributed by atoms with E-state index in [1.807, 2.05) is 24.3 Å². The Kier molecular flexibility index (Phi) is 2.84. The predicted octanol–water partition coefficient (Wildman–Crippen LogP) is 3.86. The second kappa shape index (κ2) is 4.52. The second-order valence-electron chi connectivity index (χ2n) is 4.19. The van der Waals surface area contributed by atoms with Gasteiger partial charge in [-0.15, -0.1) is 0 Å². The van der Waals surface area contributed by atoms with Gasteiger partial charge in [-0.05, 0) is 30.3 Å². The van der Waals surface area contributed by atoms with Gasteiger partial charge in [-0.2, -0.15) is 0 Å². The first kappa shape index (κ1) is 11.9. The average Bonchev–Trinajstić information content (AvgIpc) is 2.44. The third-order valence-corrected chi connectivity index (χ3v) is 3.34. The van der Waals surface area contributed by atoms with E-state index in [-0.39, 0.29) is 0 Å². The van der Waals surface area contributed by atoms with Crippen LogP contribution in [0.25, 0.3) is 21.8 Å². The highest BCUT2D eigenvalue weighted by atomic mass is 35.5. The number of rotatable bonds is 2. The van der Waals surface area contributed by atoms with Crippen molar-refractivity contribution in [2.45, 2.75) is 0 Å². The van der Waals surface area contributed by atoms with Crippen molar-refractivity contribution in [2.75, 3.05) is 7.11 Å². The summed E-state index contributed by atoms with van der Waals surface area (Å²) in [5, 5.41) is 2.18. The van der Waals surface area contributed by atoms with E-state index in [1.165, 1.54) is 0 Å². The van der Waals surface area contributed by atoms with E-state index in [4.69, 9.17) is 16.3 Å². The van der Waals surface area contributed by atoms with Crippen molar-refractivity contribution in [3.8, 4) is 5.75 Å². The summed E-state index contributed by atoms with van der Waals surface area (Å²) in [7, 11) is 1.59. The SMILES string of the molecule is COc1ccc2nc3cc(Cl)ccc3c(C=O)c2c1. The highest BCUT2D eigenvalue weighted by Gasteiger charge is 2.09. The number of methoxy groups -OCH3 is 1. The lowest BCUT2D eigenvalue weighted by atomic mass is 10.0. The molecule has 1 heterocycles. The van der Waals surface area contributed by atoms with E-state index >= 15 is 0 Å². The Morgan fingerprint density at radius 2 is 1.95 bits per heavy atom. The Hall–Kier alpha value is -2.13. The summed E-state index contributed by atoms with van der Waals surface area (Å²) in [6.45, 7) is 0. The van der Waals surface area contributed by atoms with Gasteiger partial charge < -0.3 is 4.74 Å². The number of hydrogen-bond donors (Lipinski definition) is 0. The van der Waals surface area contributed by atoms with Crippen molar-refractivity contribution in [3.63, 3.8) is 0 Å². The zero-order chi connectivity index (χ0) is 13.4. The number of nitrogens with zero attached hydrogens (tertiary/aromatic N) is 1. The zero-order valence-electron chi connectivity index (χ0n) is 10.2. The van der Waals surface area contributed by atoms with Gasteiger partial charge in [0.2, 0.25) is 0 Å². The molecule has 0 spiro atoms. The molecule has 0 fully saturated rings. The molecule has 3 rings (SSSR count). The minimum atomic E-state index is 0.602. The van der Waals surface area contributed by atoms with Gasteiger partial charge >= 0.3 is 0 Å². The molecule has 19 heavy (non-hydrogen) atoms. The van der Waals surface area contributed by atoms with Gasteiger partial charge in [0.15, 0.2) is 6.29 Å². The summed E-state index contributed by atoms with van der Waals surface area (Å²) in [5.41, 5.74) is 2.07. The predicted molar refractivity (Wildman–Crippen MR) is 76.2 cm³/mol. The number of aldehydes is 1. The number of fused-ring (bicyclic) bond motifs is 2. The van der Waals surface area contributed by atoms with Crippen molar-refractivity contribution < 1.29 is 9.53 Å². The fourth-order valence-electron chi connectivity index (χ4n) is 2.18. The smallest absolute Gasteiger partial charge is 0.151 e. The normalized spacial score (nSPS) is 10.8. The first-order chi connectivity index (χ1) is 9.22. The molecule has 0 N–H and O–H groups in total. The van der Waals surface area contributed by atoms with Gasteiger partial charge in [0.1, 0.15) is 5.75 Å². The van der Waals surface area contributed by atoms with Crippen molar-refractivity contribution in [1.29, 1.82) is 0 Å². The fourth-order valence-corrected chi connectivity index (χ4v) is 2.35. The number of ether oxygens (including phenoxy) is 1. The Labute approximate surface area is 114 Å². The summed E-state index contributed by atoms with van der Waals surface area (Å²) >= 11 is 5.96. The molecule has 3 nitrogen and oxygen atoms in total. The number of hydrogen-bond acceptors (Lipinski definition) is 3. The molecule has 0 saturated heterocycles. The van der Waals surface area contributed by atoms with Crippen LogP contribution in [-0.4, -0.2) is 18.4 Å². The van der Waals surface area contributed by atoms with Gasteiger partial charge in [-0.3, -0.25) is 4.79 Å². The lowest BCUT2D eigenvalue weighted by Crippen LogP contribution is -1.92. The molecule has 4 heteroatoms. The number of benzene rings is 2. The molecule has 2 aromatic carbocycles. The lowest BCUT2D eigenvalue weighted by Gasteiger charge is -2.08. The molecule has 0 amide bonds. The van der Waals surface area contributed by atoms with E-state index in [0.29, 0.717) is 21.9 Å². The molecule has 94 valence electrons. The van der Waals surface area contributed by atoms with Crippen LogP contribution >= 0.6 is 11.6 Å². The van der Waals surface area contributed by atoms with Crippen LogP contribution in [0.3, 0.4) is 0 Å². The van der Waals surface area contributed by atoms with Crippen LogP contribution < -0.4 is 4.74 Å². The van der Waals surface area contributed by atoms with E-state index < -0.39 is 0 Å². The number of carbonyl (C=O) groups excluding carboxylic acids is 1. The highest BCUT2D eigenvalue weighted by molar-refractivity contribution is 6.31. The molecule has 0 saturated carbocycles. The number of halogens is 1. The minimum Gasteiger partial charge on any atom is -0.497 e. The van der Waals surface area contributed by atoms with Gasteiger partial charge in [-0.1, -0.05) is 17.7 Å². The Bertz CT molecular complexity index is 799. The summed E-state index contributed by atoms with van der Waals surface area (Å²) in [4.78, 5) is 15.9. The quantitative estimate of drug-likeness (QED) is 0.525. The average molecular weight is 272 g/mol. The van der Waals surface area contributed by atoms with Crippen LogP contribution in [0, 0.1) is 0 Å². The molecule has 0 radical (unpaired) electrons. The van der Waals surface area contributed by atoms with Crippen LogP contribution in [0.5, 0.6) is 5.75 Å². The molecule has 3 aromatic rings. The molecule has 0 bridgehead atoms. The number of pyridine rings is 1. The zero-order valence-corrected chi connectivity index (χ0v) is 10.9. The minimum absolute atomic E-state index is 0.602. The standard InChI is InChI=1S/C15H10ClNO2/c1-19-10-3-5-14-12(7-10)13(8-18)11-4-2-9(16)6-15(11)17-14/h2-8H,1H3. The van der Waals surface area contributed by atoms with E-state index in [1.54, 1.807) is 19.2 Å². The number of aromatic nitrogens is 1. The van der Waals surface area contributed by atoms with Gasteiger partial charge in [0.25, 0.3) is 0 Å². The summed E-state index contributed by atoms with van der Waals surface area (Å²) < 4.78 is 5.19. The van der Waals surface area contributed by atoms with Crippen LogP contribution in [0.15, 0.2) is 36.4 Å². The van der Waals surface area contributed by atoms with Gasteiger partial charge in [-0.25, -0.2) is 4.98 Å². The van der Waals surface area contributed by atoms with Crippen molar-refractivity contribution >= 4 is 39.7 Å². The first-order valence-electron chi connectivity index (χ1n) is 5.75. The third kappa shape index (κ3) is 1.92. The maximum atomic E-state index is 11.4. The van der Waals surface area contributed by atoms with Gasteiger partial charge in [0, 0.05) is 21.4 Å². The highest BCUT2D eigenvalue weighted by Crippen LogP contribution is 2.29. The molecule has 1 aromatic heterocycles. The number of carbonyl (C=O) groups is 1. The summed E-state index contributed by atoms with van der Waals surface area (Å²) in [6.07, 6.45) is 0.847. The van der Waals surface area contributed by atoms with E-state index in [2.05, 4.69) is 4.98 Å². The Morgan fingerprint density at radius 3 is 2.68 bits per heavy atom. The maximum absolute atomic E-state index is 11.4. The van der Waals surface area contributed by atoms with Crippen molar-refractivity contribution in [1.82, 2.24) is 4.98 Å². The molecule has 0 aliphatic rings. The summed E-state index contributed by atoms with van der Waals surface area (Å²) in [5.74, 6) is 0.700. The summed E-state index contributed by atoms with van der Waals surface area (Å²) in [6, 6.07) is 10.8. The first-order valence-corrected chi connectivity index (χ1v) is 6.13. The largest absolute Gasteiger partial charge is 0.497 e. The molecule has 0 atom stereocenters. The Balaban J connectivity index is 2.49. The van der Waals surface area contributed by atoms with Crippen molar-refractivity contribution in [3.05, 3.63) is 47.0 Å². The van der Waals surface area contributed by atoms with Crippen LogP contribution in [0.2, 0.25) is 5.02 Å². The monoisotopic (exact) mass is 271 g/mol. The Morgan fingerprint density at radius 1 is 1.11 bits per heavy atom. The third-order valence-electron chi connectivity index (χ3n) is 3.10. The van der Waals surface area contributed by atoms with Gasteiger partial charge in [0.05, 0.1) is 18.1 Å². The molecular formula is C15H10ClNO2. The van der Waals surface area contributed by atoms with Crippen molar-refractivity contribution in [2.24, 2.45) is 0 Å².